The highest BCUT2D eigenvalue weighted by Gasteiger charge is 2.21. The predicted octanol–water partition coefficient (Wildman–Crippen LogP) is 14.0. The van der Waals surface area contributed by atoms with E-state index in [1.165, 1.54) is 44.1 Å². The maximum absolute atomic E-state index is 4.76. The molecule has 278 valence electrons. The molecular weight excluding hydrogens is 677 g/mol. The number of nitrogens with zero attached hydrogens (tertiary/aromatic N) is 2. The molecule has 0 fully saturated rings. The number of allylic oxidation sites excluding steroid dienone is 17. The van der Waals surface area contributed by atoms with Gasteiger partial charge in [-0.3, -0.25) is 0 Å². The van der Waals surface area contributed by atoms with Crippen LogP contribution in [0.1, 0.15) is 72.8 Å². The van der Waals surface area contributed by atoms with Crippen molar-refractivity contribution in [3.63, 3.8) is 0 Å². The van der Waals surface area contributed by atoms with Crippen LogP contribution in [-0.2, 0) is 19.4 Å². The van der Waals surface area contributed by atoms with Crippen molar-refractivity contribution in [1.29, 1.82) is 0 Å². The van der Waals surface area contributed by atoms with Gasteiger partial charge >= 0.3 is 0 Å². The molecule has 1 aliphatic rings. The first-order chi connectivity index (χ1) is 27.5. The number of para-hydroxylation sites is 2. The summed E-state index contributed by atoms with van der Waals surface area (Å²) in [7, 11) is 0. The molecule has 0 N–H and O–H groups in total. The minimum atomic E-state index is 0.617. The number of benzene rings is 3. The Morgan fingerprint density at radius 2 is 1.62 bits per heavy atom. The second kappa shape index (κ2) is 19.2. The van der Waals surface area contributed by atoms with Crippen LogP contribution in [0.4, 0.5) is 0 Å². The van der Waals surface area contributed by atoms with Crippen LogP contribution in [0.15, 0.2) is 177 Å². The lowest BCUT2D eigenvalue weighted by atomic mass is 9.91. The Morgan fingerprint density at radius 1 is 0.839 bits per heavy atom. The normalized spacial score (nSPS) is 13.5. The van der Waals surface area contributed by atoms with Gasteiger partial charge in [0.15, 0.2) is 0 Å². The Kier molecular flexibility index (Phi) is 13.4. The minimum Gasteiger partial charge on any atom is -0.328 e. The van der Waals surface area contributed by atoms with E-state index < -0.39 is 0 Å². The lowest BCUT2D eigenvalue weighted by Crippen LogP contribution is -2.09. The molecule has 2 heteroatoms. The summed E-state index contributed by atoms with van der Waals surface area (Å²) in [6, 6.07) is 23.9. The highest BCUT2D eigenvalue weighted by Crippen LogP contribution is 2.35. The average molecular weight is 729 g/mol. The van der Waals surface area contributed by atoms with Crippen molar-refractivity contribution in [2.24, 2.45) is 0 Å². The zero-order valence-corrected chi connectivity index (χ0v) is 33.1. The summed E-state index contributed by atoms with van der Waals surface area (Å²) in [6.45, 7) is 19.7. The fraction of sp³-hybridized carbons (Fsp3) is 0.148. The first-order valence-electron chi connectivity index (χ1n) is 19.6. The minimum absolute atomic E-state index is 0.617. The molecule has 2 heterocycles. The van der Waals surface area contributed by atoms with Gasteiger partial charge in [-0.2, -0.15) is 0 Å². The van der Waals surface area contributed by atoms with Gasteiger partial charge < -0.3 is 9.13 Å². The lowest BCUT2D eigenvalue weighted by molar-refractivity contribution is 0.783. The van der Waals surface area contributed by atoms with E-state index in [2.05, 4.69) is 188 Å². The maximum Gasteiger partial charge on any atom is 0.101 e. The van der Waals surface area contributed by atoms with Gasteiger partial charge in [-0.25, -0.2) is 0 Å². The van der Waals surface area contributed by atoms with E-state index in [9.17, 15) is 0 Å². The second-order valence-electron chi connectivity index (χ2n) is 13.7. The largest absolute Gasteiger partial charge is 0.328 e. The molecule has 1 aliphatic carbocycles. The first-order valence-corrected chi connectivity index (χ1v) is 19.6. The molecule has 3 aromatic carbocycles. The van der Waals surface area contributed by atoms with Crippen LogP contribution >= 0.6 is 0 Å². The zero-order valence-electron chi connectivity index (χ0n) is 33.1. The molecule has 0 saturated carbocycles. The number of hydrogen-bond donors (Lipinski definition) is 0. The van der Waals surface area contributed by atoms with Crippen molar-refractivity contribution in [2.75, 3.05) is 0 Å². The van der Waals surface area contributed by atoms with E-state index >= 15 is 0 Å². The topological polar surface area (TPSA) is 9.86 Å². The van der Waals surface area contributed by atoms with Gasteiger partial charge in [0, 0.05) is 39.5 Å². The molecule has 56 heavy (non-hydrogen) atoms. The Morgan fingerprint density at radius 3 is 2.39 bits per heavy atom. The van der Waals surface area contributed by atoms with Gasteiger partial charge in [0.05, 0.1) is 17.8 Å². The number of fused-ring (bicyclic) bond motifs is 4. The summed E-state index contributed by atoms with van der Waals surface area (Å²) >= 11 is 0. The van der Waals surface area contributed by atoms with E-state index in [4.69, 9.17) is 6.58 Å². The molecule has 0 radical (unpaired) electrons. The molecule has 0 unspecified atom stereocenters. The van der Waals surface area contributed by atoms with Crippen molar-refractivity contribution >= 4 is 45.2 Å². The second-order valence-corrected chi connectivity index (χ2v) is 13.7. The Labute approximate surface area is 334 Å². The molecule has 0 atom stereocenters. The summed E-state index contributed by atoms with van der Waals surface area (Å²) in [5, 5.41) is 2.38. The van der Waals surface area contributed by atoms with E-state index in [0.29, 0.717) is 6.54 Å². The van der Waals surface area contributed by atoms with Gasteiger partial charge in [0.1, 0.15) is 5.69 Å². The monoisotopic (exact) mass is 728 g/mol. The van der Waals surface area contributed by atoms with Crippen molar-refractivity contribution in [3.05, 3.63) is 216 Å². The molecule has 0 bridgehead atoms. The van der Waals surface area contributed by atoms with Crippen LogP contribution in [0.2, 0.25) is 0 Å². The van der Waals surface area contributed by atoms with E-state index in [-0.39, 0.29) is 0 Å². The van der Waals surface area contributed by atoms with Crippen LogP contribution in [0.5, 0.6) is 0 Å². The van der Waals surface area contributed by atoms with E-state index in [0.717, 1.165) is 59.4 Å². The summed E-state index contributed by atoms with van der Waals surface area (Å²) in [4.78, 5) is 0. The van der Waals surface area contributed by atoms with Crippen molar-refractivity contribution in [1.82, 2.24) is 9.13 Å². The fourth-order valence-corrected chi connectivity index (χ4v) is 7.70. The van der Waals surface area contributed by atoms with E-state index in [1.807, 2.05) is 31.2 Å². The molecule has 0 saturated heterocycles. The van der Waals surface area contributed by atoms with Gasteiger partial charge in [0.25, 0.3) is 0 Å². The Hall–Kier alpha value is -6.56. The fourth-order valence-electron chi connectivity index (χ4n) is 7.70. The molecule has 2 aromatic heterocycles. The number of aromatic nitrogens is 2. The lowest BCUT2D eigenvalue weighted by Gasteiger charge is -2.16. The number of rotatable bonds is 16. The highest BCUT2D eigenvalue weighted by atomic mass is 15.1. The van der Waals surface area contributed by atoms with Crippen molar-refractivity contribution in [2.45, 2.75) is 53.0 Å². The third kappa shape index (κ3) is 8.54. The van der Waals surface area contributed by atoms with Crippen molar-refractivity contribution in [3.8, 4) is 11.8 Å². The molecular formula is C54H52N2. The van der Waals surface area contributed by atoms with Gasteiger partial charge in [-0.05, 0) is 85.1 Å². The van der Waals surface area contributed by atoms with Crippen LogP contribution in [-0.4, -0.2) is 9.13 Å². The van der Waals surface area contributed by atoms with Crippen LogP contribution in [0, 0.1) is 11.8 Å². The van der Waals surface area contributed by atoms with Crippen LogP contribution < -0.4 is 0 Å². The highest BCUT2D eigenvalue weighted by molar-refractivity contribution is 5.96. The smallest absolute Gasteiger partial charge is 0.101 e. The third-order valence-electron chi connectivity index (χ3n) is 10.1. The molecule has 0 amide bonds. The molecule has 5 aromatic rings. The first kappa shape index (κ1) is 39.1. The summed E-state index contributed by atoms with van der Waals surface area (Å²) in [5.74, 6) is 6.89. The van der Waals surface area contributed by atoms with Crippen LogP contribution in [0.3, 0.4) is 0 Å². The Bertz CT molecular complexity index is 2580. The average Bonchev–Trinajstić information content (AvgIpc) is 3.55. The predicted molar refractivity (Wildman–Crippen MR) is 246 cm³/mol. The molecule has 0 spiro atoms. The van der Waals surface area contributed by atoms with E-state index in [1.54, 1.807) is 0 Å². The van der Waals surface area contributed by atoms with Gasteiger partial charge in [-0.15, -0.1) is 0 Å². The zero-order chi connectivity index (χ0) is 39.3. The maximum atomic E-state index is 4.76. The van der Waals surface area contributed by atoms with Gasteiger partial charge in [-0.1, -0.05) is 178 Å². The quantitative estimate of drug-likeness (QED) is 0.0707. The SMILES string of the molecule is C=C/C=C\C(=C/CC(/C=C\C)=C/C(=C)n1c(Cn2c3c(c4ccccc42)C=CCC#C3)c(/C=C\C=C)c2ccccc21)c1cccc(C/C=C\C=C/C)c1CC. The summed E-state index contributed by atoms with van der Waals surface area (Å²) < 4.78 is 4.72. The van der Waals surface area contributed by atoms with Crippen molar-refractivity contribution < 1.29 is 0 Å². The Balaban J connectivity index is 1.47. The third-order valence-corrected chi connectivity index (χ3v) is 10.1. The molecule has 2 nitrogen and oxygen atoms in total. The summed E-state index contributed by atoms with van der Waals surface area (Å²) in [5.41, 5.74) is 14.0. The summed E-state index contributed by atoms with van der Waals surface area (Å²) in [6.07, 6.45) is 37.2. The molecule has 6 rings (SSSR count). The molecule has 0 aliphatic heterocycles. The number of hydrogen-bond acceptors (Lipinski definition) is 0. The van der Waals surface area contributed by atoms with Gasteiger partial charge in [0.2, 0.25) is 0 Å². The van der Waals surface area contributed by atoms with Crippen LogP contribution in [0.25, 0.3) is 45.2 Å². The standard InChI is InChI=1S/C54H52N2/c1-7-12-15-17-27-43-28-24-33-46(45(43)11-5)44(26-13-8-2)38-37-42(25-10-4)39-41(6)56-53-36-23-21-32-49(53)50(29-14-9-3)54(56)40-55-51-34-19-16-18-30-47(51)48-31-20-22-35-52(48)55/h7-10,12-15,17-18,20-26,28-33,35-36,38-39H,2-3,6,11,16,27,37,40H2,1,4-5H3/b12-7-,17-15-,25-10-,26-13-,29-14-,42-39+,44-38+.